The van der Waals surface area contributed by atoms with Crippen molar-refractivity contribution < 1.29 is 19.0 Å². The molecule has 1 aliphatic heterocycles. The highest BCUT2D eigenvalue weighted by Crippen LogP contribution is 2.21. The number of aromatic nitrogens is 2. The number of nitrogens with zero attached hydrogens (tertiary/aromatic N) is 2. The molecule has 0 radical (unpaired) electrons. The zero-order chi connectivity index (χ0) is 17.1. The summed E-state index contributed by atoms with van der Waals surface area (Å²) in [7, 11) is 0. The summed E-state index contributed by atoms with van der Waals surface area (Å²) in [5, 5.41) is 17.2. The number of aromatic amines is 1. The van der Waals surface area contributed by atoms with Gasteiger partial charge in [-0.25, -0.2) is 4.39 Å². The van der Waals surface area contributed by atoms with Gasteiger partial charge in [-0.05, 0) is 43.7 Å². The van der Waals surface area contributed by atoms with E-state index >= 15 is 0 Å². The third kappa shape index (κ3) is 3.91. The Labute approximate surface area is 139 Å². The van der Waals surface area contributed by atoms with Gasteiger partial charge < -0.3 is 14.7 Å². The molecule has 24 heavy (non-hydrogen) atoms. The molecule has 0 spiro atoms. The number of aliphatic hydroxyl groups excluding tert-OH is 1. The number of carbonyl (C=O) groups is 1. The van der Waals surface area contributed by atoms with E-state index < -0.39 is 6.10 Å². The average Bonchev–Trinajstić information content (AvgIpc) is 3.13. The lowest BCUT2D eigenvalue weighted by atomic mass is 10.0. The fourth-order valence-electron chi connectivity index (χ4n) is 2.87. The maximum atomic E-state index is 12.8. The van der Waals surface area contributed by atoms with E-state index in [0.717, 1.165) is 11.4 Å². The van der Waals surface area contributed by atoms with Gasteiger partial charge in [0.1, 0.15) is 11.6 Å². The van der Waals surface area contributed by atoms with Gasteiger partial charge in [0, 0.05) is 24.7 Å². The van der Waals surface area contributed by atoms with Crippen LogP contribution in [-0.4, -0.2) is 51.9 Å². The quantitative estimate of drug-likeness (QED) is 0.864. The van der Waals surface area contributed by atoms with Crippen LogP contribution in [0.1, 0.15) is 11.4 Å². The lowest BCUT2D eigenvalue weighted by Gasteiger charge is -2.16. The SMILES string of the molecule is Cc1cc(C[C@@H]2CN(C(=O)COc3ccc(F)cc3)C[C@H]2O)n[nH]1. The molecule has 6 nitrogen and oxygen atoms in total. The molecule has 0 bridgehead atoms. The second kappa shape index (κ2) is 7.00. The number of likely N-dealkylation sites (tertiary alicyclic amines) is 1. The zero-order valence-corrected chi connectivity index (χ0v) is 13.4. The summed E-state index contributed by atoms with van der Waals surface area (Å²) >= 11 is 0. The molecular formula is C17H20FN3O3. The fourth-order valence-corrected chi connectivity index (χ4v) is 2.87. The number of nitrogens with one attached hydrogen (secondary N) is 1. The van der Waals surface area contributed by atoms with Crippen molar-refractivity contribution in [2.24, 2.45) is 5.92 Å². The van der Waals surface area contributed by atoms with Crippen LogP contribution in [0.3, 0.4) is 0 Å². The van der Waals surface area contributed by atoms with Crippen molar-refractivity contribution in [1.29, 1.82) is 0 Å². The molecule has 128 valence electrons. The first-order valence-corrected chi connectivity index (χ1v) is 7.86. The highest BCUT2D eigenvalue weighted by molar-refractivity contribution is 5.78. The van der Waals surface area contributed by atoms with Gasteiger partial charge in [-0.1, -0.05) is 0 Å². The van der Waals surface area contributed by atoms with Crippen molar-refractivity contribution in [2.75, 3.05) is 19.7 Å². The second-order valence-electron chi connectivity index (χ2n) is 6.12. The number of amides is 1. The third-order valence-corrected chi connectivity index (χ3v) is 4.17. The van der Waals surface area contributed by atoms with Crippen molar-refractivity contribution in [3.63, 3.8) is 0 Å². The molecule has 1 aliphatic rings. The van der Waals surface area contributed by atoms with Crippen molar-refractivity contribution in [3.05, 3.63) is 47.5 Å². The van der Waals surface area contributed by atoms with Crippen molar-refractivity contribution in [2.45, 2.75) is 19.4 Å². The Morgan fingerprint density at radius 1 is 1.42 bits per heavy atom. The summed E-state index contributed by atoms with van der Waals surface area (Å²) in [6.45, 7) is 2.55. The topological polar surface area (TPSA) is 78.5 Å². The summed E-state index contributed by atoms with van der Waals surface area (Å²) in [4.78, 5) is 13.8. The van der Waals surface area contributed by atoms with Gasteiger partial charge in [-0.2, -0.15) is 5.10 Å². The van der Waals surface area contributed by atoms with Gasteiger partial charge in [0.25, 0.3) is 5.91 Å². The monoisotopic (exact) mass is 333 g/mol. The first-order valence-electron chi connectivity index (χ1n) is 7.86. The van der Waals surface area contributed by atoms with Crippen LogP contribution < -0.4 is 4.74 Å². The van der Waals surface area contributed by atoms with Crippen LogP contribution in [0.15, 0.2) is 30.3 Å². The van der Waals surface area contributed by atoms with E-state index in [2.05, 4.69) is 10.2 Å². The number of carbonyl (C=O) groups excluding carboxylic acids is 1. The van der Waals surface area contributed by atoms with Gasteiger partial charge in [0.2, 0.25) is 0 Å². The van der Waals surface area contributed by atoms with Gasteiger partial charge in [-0.3, -0.25) is 9.89 Å². The number of aryl methyl sites for hydroxylation is 1. The Balaban J connectivity index is 1.51. The second-order valence-corrected chi connectivity index (χ2v) is 6.12. The molecule has 1 saturated heterocycles. The molecule has 7 heteroatoms. The zero-order valence-electron chi connectivity index (χ0n) is 13.4. The van der Waals surface area contributed by atoms with E-state index in [1.54, 1.807) is 4.90 Å². The minimum atomic E-state index is -0.572. The van der Waals surface area contributed by atoms with Crippen LogP contribution >= 0.6 is 0 Å². The van der Waals surface area contributed by atoms with Crippen LogP contribution in [0.25, 0.3) is 0 Å². The Hall–Kier alpha value is -2.41. The number of aliphatic hydroxyl groups is 1. The number of β-amino-alcohol motifs (C(OH)–C–C–N with tert-alkyl or cyclic N) is 1. The molecule has 2 heterocycles. The van der Waals surface area contributed by atoms with E-state index in [-0.39, 0.29) is 24.2 Å². The van der Waals surface area contributed by atoms with Gasteiger partial charge in [0.15, 0.2) is 6.61 Å². The maximum absolute atomic E-state index is 12.8. The fraction of sp³-hybridized carbons (Fsp3) is 0.412. The molecule has 2 aromatic rings. The molecule has 3 rings (SSSR count). The van der Waals surface area contributed by atoms with Crippen molar-refractivity contribution >= 4 is 5.91 Å². The first-order chi connectivity index (χ1) is 11.5. The lowest BCUT2D eigenvalue weighted by Crippen LogP contribution is -2.33. The summed E-state index contributed by atoms with van der Waals surface area (Å²) in [6, 6.07) is 7.45. The number of ether oxygens (including phenoxy) is 1. The predicted molar refractivity (Wildman–Crippen MR) is 85.0 cm³/mol. The minimum absolute atomic E-state index is 0.0394. The molecule has 0 aliphatic carbocycles. The largest absolute Gasteiger partial charge is 0.484 e. The van der Waals surface area contributed by atoms with Crippen LogP contribution in [0.5, 0.6) is 5.75 Å². The average molecular weight is 333 g/mol. The van der Waals surface area contributed by atoms with Crippen molar-refractivity contribution in [1.82, 2.24) is 15.1 Å². The molecule has 2 atom stereocenters. The first kappa shape index (κ1) is 16.4. The van der Waals surface area contributed by atoms with Crippen LogP contribution in [-0.2, 0) is 11.2 Å². The van der Waals surface area contributed by atoms with E-state index in [1.807, 2.05) is 13.0 Å². The van der Waals surface area contributed by atoms with Crippen LogP contribution in [0.4, 0.5) is 4.39 Å². The molecule has 1 amide bonds. The smallest absolute Gasteiger partial charge is 0.260 e. The molecule has 0 saturated carbocycles. The lowest BCUT2D eigenvalue weighted by molar-refractivity contribution is -0.132. The molecular weight excluding hydrogens is 313 g/mol. The molecule has 0 unspecified atom stereocenters. The van der Waals surface area contributed by atoms with Gasteiger partial charge >= 0.3 is 0 Å². The van der Waals surface area contributed by atoms with Gasteiger partial charge in [-0.15, -0.1) is 0 Å². The van der Waals surface area contributed by atoms with Crippen LogP contribution in [0.2, 0.25) is 0 Å². The number of rotatable bonds is 5. The number of hydrogen-bond acceptors (Lipinski definition) is 4. The number of halogens is 1. The molecule has 1 aromatic heterocycles. The minimum Gasteiger partial charge on any atom is -0.484 e. The number of H-pyrrole nitrogens is 1. The predicted octanol–water partition coefficient (Wildman–Crippen LogP) is 1.30. The van der Waals surface area contributed by atoms with Crippen LogP contribution in [0, 0.1) is 18.7 Å². The normalized spacial score (nSPS) is 20.4. The molecule has 1 fully saturated rings. The summed E-state index contributed by atoms with van der Waals surface area (Å²) < 4.78 is 18.2. The standard InChI is InChI=1S/C17H20FN3O3/c1-11-6-14(20-19-11)7-12-8-21(9-16(12)22)17(23)10-24-15-4-2-13(18)3-5-15/h2-6,12,16,22H,7-10H2,1H3,(H,19,20)/t12-,16-/m1/s1. The Kier molecular flexibility index (Phi) is 4.80. The van der Waals surface area contributed by atoms with Crippen molar-refractivity contribution in [3.8, 4) is 5.75 Å². The van der Waals surface area contributed by atoms with Gasteiger partial charge in [0.05, 0.1) is 11.8 Å². The van der Waals surface area contributed by atoms with E-state index in [9.17, 15) is 14.3 Å². The Morgan fingerprint density at radius 2 is 2.17 bits per heavy atom. The Morgan fingerprint density at radius 3 is 2.83 bits per heavy atom. The summed E-state index contributed by atoms with van der Waals surface area (Å²) in [6.07, 6.45) is 0.0467. The number of benzene rings is 1. The molecule has 1 aromatic carbocycles. The van der Waals surface area contributed by atoms with E-state index in [1.165, 1.54) is 24.3 Å². The summed E-state index contributed by atoms with van der Waals surface area (Å²) in [5.74, 6) is -0.151. The summed E-state index contributed by atoms with van der Waals surface area (Å²) in [5.41, 5.74) is 1.85. The maximum Gasteiger partial charge on any atom is 0.260 e. The highest BCUT2D eigenvalue weighted by Gasteiger charge is 2.34. The third-order valence-electron chi connectivity index (χ3n) is 4.17. The number of hydrogen-bond donors (Lipinski definition) is 2. The van der Waals surface area contributed by atoms with E-state index in [4.69, 9.17) is 4.74 Å². The highest BCUT2D eigenvalue weighted by atomic mass is 19.1. The van der Waals surface area contributed by atoms with E-state index in [0.29, 0.717) is 25.3 Å². The molecule has 2 N–H and O–H groups in total. The Bertz CT molecular complexity index is 701.